The van der Waals surface area contributed by atoms with E-state index in [9.17, 15) is 9.59 Å². The third-order valence-electron chi connectivity index (χ3n) is 4.70. The molecular weight excluding hydrogens is 308 g/mol. The van der Waals surface area contributed by atoms with Crippen molar-refractivity contribution in [3.63, 3.8) is 0 Å². The van der Waals surface area contributed by atoms with E-state index in [-0.39, 0.29) is 17.9 Å². The van der Waals surface area contributed by atoms with E-state index in [1.165, 1.54) is 0 Å². The van der Waals surface area contributed by atoms with Crippen molar-refractivity contribution in [3.8, 4) is 0 Å². The molecule has 0 aliphatic carbocycles. The number of nitrogens with one attached hydrogen (secondary N) is 1. The molecule has 0 aromatic carbocycles. The van der Waals surface area contributed by atoms with E-state index in [1.807, 2.05) is 23.9 Å². The molecular formula is C17H24N4O3. The molecule has 0 bridgehead atoms. The van der Waals surface area contributed by atoms with Crippen LogP contribution in [0, 0.1) is 0 Å². The standard InChI is InChI=1S/C17H24N4O3/c1-20(2)15-3-7-18-11-13(15)16(22)19-14-4-8-21(17(14)23)12-5-9-24-10-6-12/h3,7,11-12,14H,4-6,8-10H2,1-2H3,(H,19,22). The Morgan fingerprint density at radius 3 is 2.79 bits per heavy atom. The van der Waals surface area contributed by atoms with Gasteiger partial charge in [-0.25, -0.2) is 0 Å². The van der Waals surface area contributed by atoms with Gasteiger partial charge in [-0.2, -0.15) is 0 Å². The summed E-state index contributed by atoms with van der Waals surface area (Å²) < 4.78 is 5.36. The lowest BCUT2D eigenvalue weighted by Crippen LogP contribution is -2.46. The molecule has 3 rings (SSSR count). The van der Waals surface area contributed by atoms with Crippen molar-refractivity contribution >= 4 is 17.5 Å². The molecule has 1 N–H and O–H groups in total. The van der Waals surface area contributed by atoms with Crippen LogP contribution < -0.4 is 10.2 Å². The van der Waals surface area contributed by atoms with E-state index in [0.717, 1.165) is 18.5 Å². The van der Waals surface area contributed by atoms with Crippen molar-refractivity contribution in [2.75, 3.05) is 38.8 Å². The van der Waals surface area contributed by atoms with Gasteiger partial charge in [-0.15, -0.1) is 0 Å². The molecule has 1 aromatic heterocycles. The number of pyridine rings is 1. The number of carbonyl (C=O) groups excluding carboxylic acids is 2. The topological polar surface area (TPSA) is 74.8 Å². The number of hydrogen-bond acceptors (Lipinski definition) is 5. The highest BCUT2D eigenvalue weighted by Crippen LogP contribution is 2.22. The number of nitrogens with zero attached hydrogens (tertiary/aromatic N) is 3. The highest BCUT2D eigenvalue weighted by Gasteiger charge is 2.37. The molecule has 7 heteroatoms. The fourth-order valence-corrected chi connectivity index (χ4v) is 3.38. The fraction of sp³-hybridized carbons (Fsp3) is 0.588. The van der Waals surface area contributed by atoms with E-state index >= 15 is 0 Å². The van der Waals surface area contributed by atoms with Gasteiger partial charge in [0, 0.05) is 52.3 Å². The number of anilines is 1. The molecule has 24 heavy (non-hydrogen) atoms. The number of rotatable bonds is 4. The lowest BCUT2D eigenvalue weighted by atomic mass is 10.1. The Balaban J connectivity index is 1.66. The summed E-state index contributed by atoms with van der Waals surface area (Å²) >= 11 is 0. The Hall–Kier alpha value is -2.15. The van der Waals surface area contributed by atoms with Crippen LogP contribution in [0.25, 0.3) is 0 Å². The largest absolute Gasteiger partial charge is 0.381 e. The molecule has 2 saturated heterocycles. The Morgan fingerprint density at radius 2 is 2.08 bits per heavy atom. The molecule has 1 unspecified atom stereocenters. The molecule has 0 radical (unpaired) electrons. The minimum Gasteiger partial charge on any atom is -0.381 e. The van der Waals surface area contributed by atoms with Crippen molar-refractivity contribution in [1.29, 1.82) is 0 Å². The molecule has 7 nitrogen and oxygen atoms in total. The van der Waals surface area contributed by atoms with Gasteiger partial charge in [0.2, 0.25) is 5.91 Å². The van der Waals surface area contributed by atoms with E-state index in [1.54, 1.807) is 18.5 Å². The van der Waals surface area contributed by atoms with Crippen molar-refractivity contribution in [2.45, 2.75) is 31.3 Å². The molecule has 0 spiro atoms. The normalized spacial score (nSPS) is 21.8. The number of likely N-dealkylation sites (tertiary alicyclic amines) is 1. The minimum absolute atomic E-state index is 0.0190. The van der Waals surface area contributed by atoms with Gasteiger partial charge in [0.15, 0.2) is 0 Å². The number of ether oxygens (including phenoxy) is 1. The first-order valence-electron chi connectivity index (χ1n) is 8.38. The van der Waals surface area contributed by atoms with Gasteiger partial charge in [0.05, 0.1) is 11.3 Å². The lowest BCUT2D eigenvalue weighted by molar-refractivity contribution is -0.132. The van der Waals surface area contributed by atoms with E-state index in [0.29, 0.717) is 31.7 Å². The molecule has 2 fully saturated rings. The highest BCUT2D eigenvalue weighted by atomic mass is 16.5. The predicted octanol–water partition coefficient (Wildman–Crippen LogP) is 0.657. The smallest absolute Gasteiger partial charge is 0.255 e. The van der Waals surface area contributed by atoms with Crippen LogP contribution in [0.3, 0.4) is 0 Å². The minimum atomic E-state index is -0.449. The summed E-state index contributed by atoms with van der Waals surface area (Å²) in [6.07, 6.45) is 5.60. The van der Waals surface area contributed by atoms with Crippen LogP contribution in [0.5, 0.6) is 0 Å². The zero-order valence-corrected chi connectivity index (χ0v) is 14.2. The third kappa shape index (κ3) is 3.36. The second-order valence-electron chi connectivity index (χ2n) is 6.48. The molecule has 3 heterocycles. The molecule has 1 atom stereocenters. The summed E-state index contributed by atoms with van der Waals surface area (Å²) in [6.45, 7) is 2.10. The summed E-state index contributed by atoms with van der Waals surface area (Å²) in [5.41, 5.74) is 1.27. The van der Waals surface area contributed by atoms with Gasteiger partial charge in [-0.1, -0.05) is 0 Å². The maximum absolute atomic E-state index is 12.6. The van der Waals surface area contributed by atoms with Crippen LogP contribution in [-0.4, -0.2) is 67.6 Å². The summed E-state index contributed by atoms with van der Waals surface area (Å²) in [5, 5.41) is 2.88. The molecule has 0 saturated carbocycles. The summed E-state index contributed by atoms with van der Waals surface area (Å²) in [5.74, 6) is -0.232. The maximum Gasteiger partial charge on any atom is 0.255 e. The second-order valence-corrected chi connectivity index (χ2v) is 6.48. The molecule has 2 amide bonds. The Morgan fingerprint density at radius 1 is 1.33 bits per heavy atom. The molecule has 2 aliphatic heterocycles. The van der Waals surface area contributed by atoms with Gasteiger partial charge >= 0.3 is 0 Å². The first-order valence-corrected chi connectivity index (χ1v) is 8.38. The summed E-state index contributed by atoms with van der Waals surface area (Å²) in [4.78, 5) is 33.0. The van der Waals surface area contributed by atoms with Gasteiger partial charge in [0.1, 0.15) is 6.04 Å². The van der Waals surface area contributed by atoms with Crippen molar-refractivity contribution in [3.05, 3.63) is 24.0 Å². The summed E-state index contributed by atoms with van der Waals surface area (Å²) in [6, 6.07) is 1.58. The average molecular weight is 332 g/mol. The first-order chi connectivity index (χ1) is 11.6. The van der Waals surface area contributed by atoms with Gasteiger partial charge in [-0.05, 0) is 25.3 Å². The van der Waals surface area contributed by atoms with Gasteiger partial charge in [0.25, 0.3) is 5.91 Å². The fourth-order valence-electron chi connectivity index (χ4n) is 3.38. The van der Waals surface area contributed by atoms with Crippen LogP contribution in [0.1, 0.15) is 29.6 Å². The highest BCUT2D eigenvalue weighted by molar-refractivity contribution is 6.02. The SMILES string of the molecule is CN(C)c1ccncc1C(=O)NC1CCN(C2CCOCC2)C1=O. The molecule has 130 valence electrons. The Labute approximate surface area is 142 Å². The number of amides is 2. The average Bonchev–Trinajstić information content (AvgIpc) is 2.96. The first kappa shape index (κ1) is 16.7. The number of aromatic nitrogens is 1. The van der Waals surface area contributed by atoms with Crippen molar-refractivity contribution in [2.24, 2.45) is 0 Å². The van der Waals surface area contributed by atoms with Gasteiger partial charge < -0.3 is 19.9 Å². The van der Waals surface area contributed by atoms with Crippen LogP contribution in [0.2, 0.25) is 0 Å². The summed E-state index contributed by atoms with van der Waals surface area (Å²) in [7, 11) is 3.75. The van der Waals surface area contributed by atoms with E-state index < -0.39 is 6.04 Å². The van der Waals surface area contributed by atoms with Crippen molar-refractivity contribution in [1.82, 2.24) is 15.2 Å². The molecule has 2 aliphatic rings. The third-order valence-corrected chi connectivity index (χ3v) is 4.70. The monoisotopic (exact) mass is 332 g/mol. The predicted molar refractivity (Wildman–Crippen MR) is 90.0 cm³/mol. The maximum atomic E-state index is 12.6. The number of carbonyl (C=O) groups is 2. The lowest BCUT2D eigenvalue weighted by Gasteiger charge is -2.31. The second kappa shape index (κ2) is 7.17. The van der Waals surface area contributed by atoms with Crippen molar-refractivity contribution < 1.29 is 14.3 Å². The Bertz CT molecular complexity index is 614. The van der Waals surface area contributed by atoms with Crippen LogP contribution in [0.4, 0.5) is 5.69 Å². The van der Waals surface area contributed by atoms with E-state index in [2.05, 4.69) is 10.3 Å². The van der Waals surface area contributed by atoms with Crippen LogP contribution >= 0.6 is 0 Å². The van der Waals surface area contributed by atoms with Gasteiger partial charge in [-0.3, -0.25) is 14.6 Å². The van der Waals surface area contributed by atoms with Crippen LogP contribution in [-0.2, 0) is 9.53 Å². The quantitative estimate of drug-likeness (QED) is 0.877. The zero-order valence-electron chi connectivity index (χ0n) is 14.2. The number of hydrogen-bond donors (Lipinski definition) is 1. The van der Waals surface area contributed by atoms with E-state index in [4.69, 9.17) is 4.74 Å². The zero-order chi connectivity index (χ0) is 17.1. The Kier molecular flexibility index (Phi) is 4.99. The molecule has 1 aromatic rings. The van der Waals surface area contributed by atoms with Crippen LogP contribution in [0.15, 0.2) is 18.5 Å².